The van der Waals surface area contributed by atoms with Crippen LogP contribution >= 0.6 is 0 Å². The number of non-ortho nitro benzene ring substituents is 1. The third-order valence-electron chi connectivity index (χ3n) is 11.4. The molecule has 4 aliphatic rings. The van der Waals surface area contributed by atoms with Crippen molar-refractivity contribution in [1.82, 2.24) is 10.2 Å². The molecule has 7 rings (SSSR count). The number of amides is 3. The van der Waals surface area contributed by atoms with Crippen molar-refractivity contribution in [2.75, 3.05) is 23.4 Å². The number of hydrogen-bond donors (Lipinski definition) is 4. The summed E-state index contributed by atoms with van der Waals surface area (Å²) in [6.07, 6.45) is 1.18. The van der Waals surface area contributed by atoms with E-state index < -0.39 is 48.4 Å². The minimum atomic E-state index is -3.16. The lowest BCUT2D eigenvalue weighted by molar-refractivity contribution is -0.385. The molecule has 4 heterocycles. The Kier molecular flexibility index (Phi) is 9.55. The first kappa shape index (κ1) is 35.9. The first-order valence-electron chi connectivity index (χ1n) is 17.9. The average Bonchev–Trinajstić information content (AvgIpc) is 3.81. The molecule has 4 N–H and O–H groups in total. The average molecular weight is 728 g/mol. The molecule has 0 bridgehead atoms. The van der Waals surface area contributed by atoms with E-state index in [4.69, 9.17) is 4.74 Å². The van der Waals surface area contributed by atoms with E-state index in [1.165, 1.54) is 12.1 Å². The molecule has 2 fully saturated rings. The molecular weight excluding hydrogens is 683 g/mol. The van der Waals surface area contributed by atoms with Gasteiger partial charge in [0, 0.05) is 41.4 Å². The standard InChI is InChI=1S/C38H45N5O8Si/c1-23-35(52(2,3)50)33(19-34(45)41-21-26-10-5-4-9-25(26)17-29(41)22-44)51-38(23)30-18-28(43(48)49)13-14-32(30)42(37(38)47)20-24-8-6-11-27(16-24)40-36(46)31-12-7-15-39-31/h4-6,8-11,13-14,16,18,23,29,31,33,35,39,44,50H,7,12,15,17,19-22H2,1-3H3,(H,40,46)/t23-,29-,31+,33+,35-,38+/m0/s1. The van der Waals surface area contributed by atoms with Crippen LogP contribution < -0.4 is 15.5 Å². The van der Waals surface area contributed by atoms with Gasteiger partial charge in [0.2, 0.25) is 11.8 Å². The predicted molar refractivity (Wildman–Crippen MR) is 196 cm³/mol. The van der Waals surface area contributed by atoms with Crippen LogP contribution in [0.15, 0.2) is 66.7 Å². The van der Waals surface area contributed by atoms with Gasteiger partial charge < -0.3 is 35.1 Å². The van der Waals surface area contributed by atoms with Crippen molar-refractivity contribution < 1.29 is 33.9 Å². The second-order valence-electron chi connectivity index (χ2n) is 15.1. The minimum absolute atomic E-state index is 0.0897. The van der Waals surface area contributed by atoms with E-state index in [9.17, 15) is 34.4 Å². The van der Waals surface area contributed by atoms with Crippen LogP contribution in [0.2, 0.25) is 18.6 Å². The molecule has 52 heavy (non-hydrogen) atoms. The van der Waals surface area contributed by atoms with Gasteiger partial charge in [-0.25, -0.2) is 0 Å². The van der Waals surface area contributed by atoms with Gasteiger partial charge in [0.05, 0.1) is 48.4 Å². The summed E-state index contributed by atoms with van der Waals surface area (Å²) in [7, 11) is -3.16. The van der Waals surface area contributed by atoms with Crippen molar-refractivity contribution in [2.24, 2.45) is 5.92 Å². The highest BCUT2D eigenvalue weighted by Gasteiger charge is 2.66. The smallest absolute Gasteiger partial charge is 0.269 e. The molecule has 14 heteroatoms. The molecular formula is C38H45N5O8Si. The van der Waals surface area contributed by atoms with E-state index in [-0.39, 0.29) is 43.1 Å². The van der Waals surface area contributed by atoms with Gasteiger partial charge in [0.25, 0.3) is 11.6 Å². The fourth-order valence-corrected chi connectivity index (χ4v) is 11.5. The highest BCUT2D eigenvalue weighted by Crippen LogP contribution is 2.60. The Bertz CT molecular complexity index is 1910. The van der Waals surface area contributed by atoms with Crippen LogP contribution in [0.3, 0.4) is 0 Å². The van der Waals surface area contributed by atoms with E-state index in [1.54, 1.807) is 47.2 Å². The van der Waals surface area contributed by atoms with Gasteiger partial charge in [0.1, 0.15) is 0 Å². The number of ether oxygens (including phenoxy) is 1. The SMILES string of the molecule is C[C@H]1[C@H]([Si](C)(C)O)[C@@H](CC(=O)N2Cc3ccccc3C[C@H]2CO)O[C@]12C(=O)N(Cc1cccc(NC(=O)[C@H]3CCCN3)c1)c1ccc([N+](=O)[O-])cc12. The summed E-state index contributed by atoms with van der Waals surface area (Å²) in [5.74, 6) is -1.47. The Morgan fingerprint density at radius 2 is 1.88 bits per heavy atom. The zero-order valence-corrected chi connectivity index (χ0v) is 30.6. The Balaban J connectivity index is 1.21. The zero-order chi connectivity index (χ0) is 36.9. The summed E-state index contributed by atoms with van der Waals surface area (Å²) in [6, 6.07) is 18.6. The quantitative estimate of drug-likeness (QED) is 0.145. The molecule has 0 aromatic heterocycles. The van der Waals surface area contributed by atoms with E-state index in [2.05, 4.69) is 10.6 Å². The van der Waals surface area contributed by atoms with Crippen molar-refractivity contribution in [1.29, 1.82) is 0 Å². The van der Waals surface area contributed by atoms with E-state index in [1.807, 2.05) is 37.3 Å². The number of benzene rings is 3. The lowest BCUT2D eigenvalue weighted by atomic mass is 9.82. The van der Waals surface area contributed by atoms with Gasteiger partial charge in [0.15, 0.2) is 13.9 Å². The third-order valence-corrected chi connectivity index (χ3v) is 13.9. The van der Waals surface area contributed by atoms with Gasteiger partial charge in [-0.05, 0) is 73.8 Å². The van der Waals surface area contributed by atoms with Crippen LogP contribution in [-0.2, 0) is 44.2 Å². The van der Waals surface area contributed by atoms with Crippen LogP contribution in [0.4, 0.5) is 17.1 Å². The lowest BCUT2D eigenvalue weighted by Crippen LogP contribution is -2.48. The van der Waals surface area contributed by atoms with Gasteiger partial charge in [-0.1, -0.05) is 43.3 Å². The Morgan fingerprint density at radius 1 is 1.12 bits per heavy atom. The molecule has 3 aromatic carbocycles. The molecule has 0 radical (unpaired) electrons. The number of anilines is 2. The molecule has 13 nitrogen and oxygen atoms in total. The van der Waals surface area contributed by atoms with Gasteiger partial charge in [-0.2, -0.15) is 0 Å². The number of carbonyl (C=O) groups excluding carboxylic acids is 3. The van der Waals surface area contributed by atoms with E-state index >= 15 is 0 Å². The number of nitrogens with one attached hydrogen (secondary N) is 2. The summed E-state index contributed by atoms with van der Waals surface area (Å²) in [6.45, 7) is 6.32. The zero-order valence-electron chi connectivity index (χ0n) is 29.6. The van der Waals surface area contributed by atoms with Gasteiger partial charge >= 0.3 is 0 Å². The number of nitro benzene ring substituents is 1. The van der Waals surface area contributed by atoms with Crippen molar-refractivity contribution >= 4 is 43.1 Å². The molecule has 0 unspecified atom stereocenters. The lowest BCUT2D eigenvalue weighted by Gasteiger charge is -2.37. The fraction of sp³-hybridized carbons (Fsp3) is 0.447. The minimum Gasteiger partial charge on any atom is -0.432 e. The molecule has 1 spiro atoms. The Hall–Kier alpha value is -4.47. The number of fused-ring (bicyclic) bond motifs is 3. The molecule has 3 aromatic rings. The first-order valence-corrected chi connectivity index (χ1v) is 21.0. The van der Waals surface area contributed by atoms with Crippen LogP contribution in [0.25, 0.3) is 0 Å². The predicted octanol–water partition coefficient (Wildman–Crippen LogP) is 3.97. The number of nitro groups is 1. The molecule has 6 atom stereocenters. The summed E-state index contributed by atoms with van der Waals surface area (Å²) >= 11 is 0. The maximum absolute atomic E-state index is 14.9. The number of aliphatic hydroxyl groups is 1. The number of aliphatic hydroxyl groups excluding tert-OH is 1. The summed E-state index contributed by atoms with van der Waals surface area (Å²) < 4.78 is 6.82. The van der Waals surface area contributed by atoms with Gasteiger partial charge in [-0.15, -0.1) is 0 Å². The number of nitrogens with zero attached hydrogens (tertiary/aromatic N) is 3. The Morgan fingerprint density at radius 3 is 2.58 bits per heavy atom. The highest BCUT2D eigenvalue weighted by molar-refractivity contribution is 6.71. The largest absolute Gasteiger partial charge is 0.432 e. The second kappa shape index (κ2) is 13.8. The number of hydrogen-bond acceptors (Lipinski definition) is 9. The Labute approximate surface area is 303 Å². The normalized spacial score (nSPS) is 26.8. The summed E-state index contributed by atoms with van der Waals surface area (Å²) in [4.78, 5) is 68.3. The van der Waals surface area contributed by atoms with Crippen molar-refractivity contribution in [2.45, 2.75) is 88.1 Å². The van der Waals surface area contributed by atoms with Crippen LogP contribution in [0.1, 0.15) is 48.4 Å². The van der Waals surface area contributed by atoms with Gasteiger partial charge in [-0.3, -0.25) is 24.5 Å². The van der Waals surface area contributed by atoms with Crippen LogP contribution in [0.5, 0.6) is 0 Å². The number of rotatable bonds is 9. The van der Waals surface area contributed by atoms with Crippen molar-refractivity contribution in [3.05, 3.63) is 99.1 Å². The molecule has 3 amide bonds. The maximum Gasteiger partial charge on any atom is 0.269 e. The molecule has 4 aliphatic heterocycles. The van der Waals surface area contributed by atoms with Crippen molar-refractivity contribution in [3.8, 4) is 0 Å². The third kappa shape index (κ3) is 6.32. The fourth-order valence-electron chi connectivity index (χ4n) is 8.94. The summed E-state index contributed by atoms with van der Waals surface area (Å²) in [5.41, 5.74) is 1.66. The van der Waals surface area contributed by atoms with Crippen LogP contribution in [0, 0.1) is 16.0 Å². The number of carbonyl (C=O) groups is 3. The first-order chi connectivity index (χ1) is 24.8. The summed E-state index contributed by atoms with van der Waals surface area (Å²) in [5, 5.41) is 28.5. The monoisotopic (exact) mass is 727 g/mol. The van der Waals surface area contributed by atoms with E-state index in [0.29, 0.717) is 29.9 Å². The molecule has 2 saturated heterocycles. The second-order valence-corrected chi connectivity index (χ2v) is 19.1. The van der Waals surface area contributed by atoms with Crippen LogP contribution in [-0.4, -0.2) is 77.1 Å². The highest BCUT2D eigenvalue weighted by atomic mass is 28.4. The maximum atomic E-state index is 14.9. The molecule has 0 saturated carbocycles. The van der Waals surface area contributed by atoms with Crippen molar-refractivity contribution in [3.63, 3.8) is 0 Å². The molecule has 0 aliphatic carbocycles. The topological polar surface area (TPSA) is 175 Å². The van der Waals surface area contributed by atoms with E-state index in [0.717, 1.165) is 36.1 Å². The molecule has 274 valence electrons.